The van der Waals surface area contributed by atoms with E-state index in [2.05, 4.69) is 34.2 Å². The predicted molar refractivity (Wildman–Crippen MR) is 145 cm³/mol. The van der Waals surface area contributed by atoms with E-state index in [1.54, 1.807) is 0 Å². The molecule has 1 aromatic rings. The molecule has 5 nitrogen and oxygen atoms in total. The summed E-state index contributed by atoms with van der Waals surface area (Å²) in [5.74, 6) is 1.82. The molecule has 1 aromatic carbocycles. The number of piperidine rings is 1. The van der Waals surface area contributed by atoms with Gasteiger partial charge in [0.2, 0.25) is 0 Å². The lowest BCUT2D eigenvalue weighted by molar-refractivity contribution is 0.0530. The van der Waals surface area contributed by atoms with Crippen LogP contribution < -0.4 is 5.32 Å². The minimum absolute atomic E-state index is 0. The van der Waals surface area contributed by atoms with Crippen LogP contribution in [0.5, 0.6) is 0 Å². The number of ether oxygens (including phenoxy) is 1. The van der Waals surface area contributed by atoms with Crippen LogP contribution in [0.3, 0.4) is 0 Å². The number of hydrogen-bond acceptors (Lipinski definition) is 3. The molecule has 7 heteroatoms. The molecule has 1 atom stereocenters. The average molecular weight is 575 g/mol. The first kappa shape index (κ1) is 26.0. The molecule has 0 saturated carbocycles. The van der Waals surface area contributed by atoms with Gasteiger partial charge in [-0.15, -0.1) is 24.0 Å². The van der Waals surface area contributed by atoms with Gasteiger partial charge in [0.1, 0.15) is 0 Å². The van der Waals surface area contributed by atoms with E-state index in [-0.39, 0.29) is 29.4 Å². The van der Waals surface area contributed by atoms with Gasteiger partial charge in [-0.25, -0.2) is 0 Å². The van der Waals surface area contributed by atoms with Gasteiger partial charge in [-0.1, -0.05) is 36.2 Å². The maximum atomic E-state index is 6.64. The molecular formula is C25H40ClIN4O. The van der Waals surface area contributed by atoms with E-state index in [1.165, 1.54) is 50.9 Å². The Morgan fingerprint density at radius 1 is 1.16 bits per heavy atom. The number of benzene rings is 1. The number of rotatable bonds is 6. The van der Waals surface area contributed by atoms with Crippen LogP contribution in [0.2, 0.25) is 5.02 Å². The molecule has 0 spiro atoms. The number of hydrogen-bond donors (Lipinski definition) is 1. The Balaban J connectivity index is 0.00000289. The van der Waals surface area contributed by atoms with Crippen molar-refractivity contribution in [3.05, 3.63) is 34.9 Å². The van der Waals surface area contributed by atoms with Crippen molar-refractivity contribution in [1.82, 2.24) is 15.1 Å². The van der Waals surface area contributed by atoms with Crippen molar-refractivity contribution in [2.45, 2.75) is 50.9 Å². The molecule has 0 aliphatic carbocycles. The van der Waals surface area contributed by atoms with Crippen molar-refractivity contribution in [1.29, 1.82) is 0 Å². The second kappa shape index (κ2) is 12.8. The van der Waals surface area contributed by atoms with Crippen molar-refractivity contribution in [2.24, 2.45) is 10.9 Å². The van der Waals surface area contributed by atoms with Crippen LogP contribution in [-0.2, 0) is 10.2 Å². The van der Waals surface area contributed by atoms with Crippen LogP contribution in [-0.4, -0.2) is 74.8 Å². The third-order valence-corrected chi connectivity index (χ3v) is 7.64. The standard InChI is InChI=1S/C25H39ClN4O.HI/c1-2-27-24(30-15-10-21(19-30)18-29-13-6-3-7-14-29)28-20-25(11-16-31-17-12-25)22-8-4-5-9-23(22)26;/h4-5,8-9,21H,2-3,6-7,10-20H2,1H3,(H,27,28);1H. The van der Waals surface area contributed by atoms with Gasteiger partial charge in [-0.2, -0.15) is 0 Å². The van der Waals surface area contributed by atoms with Crippen molar-refractivity contribution in [3.63, 3.8) is 0 Å². The molecular weight excluding hydrogens is 535 g/mol. The Labute approximate surface area is 216 Å². The smallest absolute Gasteiger partial charge is 0.193 e. The Morgan fingerprint density at radius 2 is 1.91 bits per heavy atom. The summed E-state index contributed by atoms with van der Waals surface area (Å²) in [6, 6.07) is 8.30. The molecule has 32 heavy (non-hydrogen) atoms. The minimum atomic E-state index is -0.0375. The van der Waals surface area contributed by atoms with Gasteiger partial charge in [0.15, 0.2) is 5.96 Å². The van der Waals surface area contributed by atoms with Crippen molar-refractivity contribution >= 4 is 41.5 Å². The van der Waals surface area contributed by atoms with Gasteiger partial charge < -0.3 is 19.9 Å². The van der Waals surface area contributed by atoms with Crippen LogP contribution in [0.25, 0.3) is 0 Å². The normalized spacial score (nSPS) is 24.2. The number of likely N-dealkylation sites (tertiary alicyclic amines) is 2. The van der Waals surface area contributed by atoms with Crippen LogP contribution in [0, 0.1) is 5.92 Å². The molecule has 3 aliphatic rings. The van der Waals surface area contributed by atoms with Crippen molar-refractivity contribution in [2.75, 3.05) is 59.0 Å². The number of nitrogens with one attached hydrogen (secondary N) is 1. The molecule has 3 heterocycles. The molecule has 1 unspecified atom stereocenters. The fraction of sp³-hybridized carbons (Fsp3) is 0.720. The molecule has 3 saturated heterocycles. The van der Waals surface area contributed by atoms with Gasteiger partial charge in [-0.3, -0.25) is 4.99 Å². The largest absolute Gasteiger partial charge is 0.381 e. The summed E-state index contributed by atoms with van der Waals surface area (Å²) < 4.78 is 5.70. The first-order valence-electron chi connectivity index (χ1n) is 12.3. The van der Waals surface area contributed by atoms with Crippen LogP contribution in [0.15, 0.2) is 29.3 Å². The van der Waals surface area contributed by atoms with E-state index < -0.39 is 0 Å². The third-order valence-electron chi connectivity index (χ3n) is 7.31. The zero-order valence-corrected chi connectivity index (χ0v) is 22.6. The lowest BCUT2D eigenvalue weighted by Gasteiger charge is -2.37. The molecule has 1 N–H and O–H groups in total. The summed E-state index contributed by atoms with van der Waals surface area (Å²) in [5, 5.41) is 4.42. The predicted octanol–water partition coefficient (Wildman–Crippen LogP) is 4.78. The summed E-state index contributed by atoms with van der Waals surface area (Å²) in [6.07, 6.45) is 7.35. The first-order valence-corrected chi connectivity index (χ1v) is 12.7. The van der Waals surface area contributed by atoms with Gasteiger partial charge in [0, 0.05) is 49.8 Å². The third kappa shape index (κ3) is 6.51. The summed E-state index contributed by atoms with van der Waals surface area (Å²) >= 11 is 6.64. The van der Waals surface area contributed by atoms with Crippen LogP contribution in [0.4, 0.5) is 0 Å². The number of halogens is 2. The lowest BCUT2D eigenvalue weighted by atomic mass is 9.74. The average Bonchev–Trinajstić information content (AvgIpc) is 3.26. The Morgan fingerprint density at radius 3 is 2.62 bits per heavy atom. The number of guanidine groups is 1. The number of aliphatic imine (C=N–C) groups is 1. The fourth-order valence-corrected chi connectivity index (χ4v) is 5.84. The molecule has 0 radical (unpaired) electrons. The van der Waals surface area contributed by atoms with Gasteiger partial charge in [0.25, 0.3) is 0 Å². The van der Waals surface area contributed by atoms with E-state index in [9.17, 15) is 0 Å². The topological polar surface area (TPSA) is 40.1 Å². The highest BCUT2D eigenvalue weighted by molar-refractivity contribution is 14.0. The second-order valence-corrected chi connectivity index (χ2v) is 9.91. The van der Waals surface area contributed by atoms with Crippen molar-refractivity contribution in [3.8, 4) is 0 Å². The van der Waals surface area contributed by atoms with Gasteiger partial charge in [-0.05, 0) is 69.7 Å². The Kier molecular flexibility index (Phi) is 10.4. The number of nitrogens with zero attached hydrogens (tertiary/aromatic N) is 3. The lowest BCUT2D eigenvalue weighted by Crippen LogP contribution is -2.43. The minimum Gasteiger partial charge on any atom is -0.381 e. The first-order chi connectivity index (χ1) is 15.2. The van der Waals surface area contributed by atoms with E-state index in [4.69, 9.17) is 21.3 Å². The summed E-state index contributed by atoms with van der Waals surface area (Å²) in [5.41, 5.74) is 1.19. The molecule has 4 rings (SSSR count). The second-order valence-electron chi connectivity index (χ2n) is 9.50. The molecule has 0 bridgehead atoms. The Bertz CT molecular complexity index is 734. The monoisotopic (exact) mass is 574 g/mol. The zero-order chi connectivity index (χ0) is 21.5. The van der Waals surface area contributed by atoms with E-state index in [0.717, 1.165) is 69.1 Å². The zero-order valence-electron chi connectivity index (χ0n) is 19.5. The SMILES string of the molecule is CCNC(=NCC1(c2ccccc2Cl)CCOCC1)N1CCC(CN2CCCCC2)C1.I. The van der Waals surface area contributed by atoms with Crippen molar-refractivity contribution < 1.29 is 4.74 Å². The maximum Gasteiger partial charge on any atom is 0.193 e. The summed E-state index contributed by atoms with van der Waals surface area (Å²) in [7, 11) is 0. The Hall–Kier alpha value is -0.570. The maximum absolute atomic E-state index is 6.64. The molecule has 180 valence electrons. The van der Waals surface area contributed by atoms with Crippen LogP contribution >= 0.6 is 35.6 Å². The van der Waals surface area contributed by atoms with Crippen LogP contribution in [0.1, 0.15) is 51.0 Å². The van der Waals surface area contributed by atoms with E-state index in [0.29, 0.717) is 0 Å². The van der Waals surface area contributed by atoms with E-state index in [1.807, 2.05) is 12.1 Å². The fourth-order valence-electron chi connectivity index (χ4n) is 5.50. The summed E-state index contributed by atoms with van der Waals surface area (Å²) in [6.45, 7) is 11.4. The summed E-state index contributed by atoms with van der Waals surface area (Å²) in [4.78, 5) is 10.4. The molecule has 3 fully saturated rings. The van der Waals surface area contributed by atoms with Gasteiger partial charge in [0.05, 0.1) is 6.54 Å². The van der Waals surface area contributed by atoms with Gasteiger partial charge >= 0.3 is 0 Å². The highest BCUT2D eigenvalue weighted by Crippen LogP contribution is 2.39. The molecule has 0 amide bonds. The highest BCUT2D eigenvalue weighted by Gasteiger charge is 2.36. The quantitative estimate of drug-likeness (QED) is 0.302. The molecule has 3 aliphatic heterocycles. The molecule has 0 aromatic heterocycles. The highest BCUT2D eigenvalue weighted by atomic mass is 127. The van der Waals surface area contributed by atoms with E-state index >= 15 is 0 Å².